The molecule has 1 saturated carbocycles. The summed E-state index contributed by atoms with van der Waals surface area (Å²) in [6.07, 6.45) is 6.86. The van der Waals surface area contributed by atoms with E-state index in [1.165, 1.54) is 47.8 Å². The van der Waals surface area contributed by atoms with E-state index in [1.807, 2.05) is 18.4 Å². The van der Waals surface area contributed by atoms with E-state index >= 15 is 0 Å². The molecule has 1 N–H and O–H groups in total. The summed E-state index contributed by atoms with van der Waals surface area (Å²) in [5, 5.41) is 4.46. The fraction of sp³-hybridized carbons (Fsp3) is 0.786. The maximum atomic E-state index is 4.78. The number of aromatic nitrogens is 1. The maximum absolute atomic E-state index is 4.78. The van der Waals surface area contributed by atoms with Crippen LogP contribution in [0.2, 0.25) is 0 Å². The predicted octanol–water partition coefficient (Wildman–Crippen LogP) is 3.33. The molecule has 0 bridgehead atoms. The maximum Gasteiger partial charge on any atom is 0.186 e. The molecule has 1 aromatic heterocycles. The Balaban J connectivity index is 2.13. The van der Waals surface area contributed by atoms with Gasteiger partial charge in [-0.2, -0.15) is 0 Å². The number of thiazole rings is 1. The minimum Gasteiger partial charge on any atom is -0.345 e. The SMILES string of the molecule is CCN(c1nc(C)c(CNC)s1)C1CCCCC1. The molecule has 1 aliphatic rings. The van der Waals surface area contributed by atoms with Crippen LogP contribution < -0.4 is 10.2 Å². The van der Waals surface area contributed by atoms with Crippen molar-refractivity contribution in [2.75, 3.05) is 18.5 Å². The third-order valence-corrected chi connectivity index (χ3v) is 5.02. The molecule has 1 aliphatic carbocycles. The summed E-state index contributed by atoms with van der Waals surface area (Å²) in [7, 11) is 2.00. The molecule has 0 radical (unpaired) electrons. The van der Waals surface area contributed by atoms with Crippen molar-refractivity contribution in [2.45, 2.75) is 58.5 Å². The number of rotatable bonds is 5. The molecule has 0 unspecified atom stereocenters. The number of hydrogen-bond acceptors (Lipinski definition) is 4. The molecule has 0 spiro atoms. The summed E-state index contributed by atoms with van der Waals surface area (Å²) in [6.45, 7) is 6.40. The zero-order valence-electron chi connectivity index (χ0n) is 11.8. The van der Waals surface area contributed by atoms with Gasteiger partial charge < -0.3 is 10.2 Å². The second kappa shape index (κ2) is 6.53. The van der Waals surface area contributed by atoms with Crippen LogP contribution in [0, 0.1) is 6.92 Å². The first kappa shape index (κ1) is 13.8. The second-order valence-corrected chi connectivity index (χ2v) is 6.18. The monoisotopic (exact) mass is 267 g/mol. The summed E-state index contributed by atoms with van der Waals surface area (Å²) in [5.41, 5.74) is 1.19. The standard InChI is InChI=1S/C14H25N3S/c1-4-17(12-8-6-5-7-9-12)14-16-11(2)13(18-14)10-15-3/h12,15H,4-10H2,1-3H3. The second-order valence-electron chi connectivity index (χ2n) is 5.11. The highest BCUT2D eigenvalue weighted by Gasteiger charge is 2.23. The van der Waals surface area contributed by atoms with Gasteiger partial charge in [-0.15, -0.1) is 11.3 Å². The van der Waals surface area contributed by atoms with Gasteiger partial charge in [0, 0.05) is 24.0 Å². The summed E-state index contributed by atoms with van der Waals surface area (Å²) >= 11 is 1.86. The van der Waals surface area contributed by atoms with Crippen LogP contribution in [0.5, 0.6) is 0 Å². The zero-order chi connectivity index (χ0) is 13.0. The number of nitrogens with zero attached hydrogens (tertiary/aromatic N) is 2. The molecule has 0 amide bonds. The van der Waals surface area contributed by atoms with E-state index in [0.717, 1.165) is 19.1 Å². The summed E-state index contributed by atoms with van der Waals surface area (Å²) < 4.78 is 0. The summed E-state index contributed by atoms with van der Waals surface area (Å²) in [6, 6.07) is 0.719. The van der Waals surface area contributed by atoms with Crippen LogP contribution in [0.3, 0.4) is 0 Å². The average Bonchev–Trinajstić information content (AvgIpc) is 2.74. The molecule has 1 aromatic rings. The van der Waals surface area contributed by atoms with E-state index < -0.39 is 0 Å². The van der Waals surface area contributed by atoms with E-state index in [-0.39, 0.29) is 0 Å². The van der Waals surface area contributed by atoms with Crippen LogP contribution in [0.25, 0.3) is 0 Å². The molecule has 0 aromatic carbocycles. The fourth-order valence-electron chi connectivity index (χ4n) is 2.80. The Morgan fingerprint density at radius 3 is 2.67 bits per heavy atom. The van der Waals surface area contributed by atoms with E-state index in [4.69, 9.17) is 4.98 Å². The highest BCUT2D eigenvalue weighted by Crippen LogP contribution is 2.31. The Hall–Kier alpha value is -0.610. The van der Waals surface area contributed by atoms with Crippen molar-refractivity contribution in [1.29, 1.82) is 0 Å². The Bertz CT molecular complexity index is 369. The van der Waals surface area contributed by atoms with Gasteiger partial charge in [0.25, 0.3) is 0 Å². The first-order valence-electron chi connectivity index (χ1n) is 7.13. The normalized spacial score (nSPS) is 17.1. The van der Waals surface area contributed by atoms with Crippen molar-refractivity contribution in [3.63, 3.8) is 0 Å². The lowest BCUT2D eigenvalue weighted by Crippen LogP contribution is -2.36. The molecule has 1 heterocycles. The number of hydrogen-bond donors (Lipinski definition) is 1. The lowest BCUT2D eigenvalue weighted by molar-refractivity contribution is 0.418. The zero-order valence-corrected chi connectivity index (χ0v) is 12.6. The minimum absolute atomic E-state index is 0.719. The van der Waals surface area contributed by atoms with Gasteiger partial charge in [-0.25, -0.2) is 4.98 Å². The molecule has 18 heavy (non-hydrogen) atoms. The molecule has 0 atom stereocenters. The van der Waals surface area contributed by atoms with Gasteiger partial charge in [-0.3, -0.25) is 0 Å². The molecule has 3 nitrogen and oxygen atoms in total. The van der Waals surface area contributed by atoms with Gasteiger partial charge in [0.05, 0.1) is 5.69 Å². The van der Waals surface area contributed by atoms with Crippen LogP contribution in [0.1, 0.15) is 49.6 Å². The highest BCUT2D eigenvalue weighted by atomic mass is 32.1. The average molecular weight is 267 g/mol. The molecule has 2 rings (SSSR count). The van der Waals surface area contributed by atoms with Gasteiger partial charge in [0.2, 0.25) is 0 Å². The summed E-state index contributed by atoms with van der Waals surface area (Å²) in [5.74, 6) is 0. The molecule has 102 valence electrons. The highest BCUT2D eigenvalue weighted by molar-refractivity contribution is 7.15. The van der Waals surface area contributed by atoms with Crippen LogP contribution in [0.15, 0.2) is 0 Å². The minimum atomic E-state index is 0.719. The van der Waals surface area contributed by atoms with E-state index in [0.29, 0.717) is 0 Å². The molecule has 0 aliphatic heterocycles. The lowest BCUT2D eigenvalue weighted by atomic mass is 9.94. The van der Waals surface area contributed by atoms with Crippen LogP contribution in [-0.2, 0) is 6.54 Å². The van der Waals surface area contributed by atoms with Crippen molar-refractivity contribution in [2.24, 2.45) is 0 Å². The third kappa shape index (κ3) is 3.04. The topological polar surface area (TPSA) is 28.2 Å². The van der Waals surface area contributed by atoms with Crippen molar-refractivity contribution < 1.29 is 0 Å². The number of anilines is 1. The van der Waals surface area contributed by atoms with E-state index in [9.17, 15) is 0 Å². The molecule has 4 heteroatoms. The summed E-state index contributed by atoms with van der Waals surface area (Å²) in [4.78, 5) is 8.68. The quantitative estimate of drug-likeness (QED) is 0.887. The van der Waals surface area contributed by atoms with Crippen LogP contribution in [0.4, 0.5) is 5.13 Å². The molecule has 0 saturated heterocycles. The van der Waals surface area contributed by atoms with Crippen molar-refractivity contribution >= 4 is 16.5 Å². The van der Waals surface area contributed by atoms with E-state index in [2.05, 4.69) is 24.1 Å². The smallest absolute Gasteiger partial charge is 0.186 e. The molecular weight excluding hydrogens is 242 g/mol. The fourth-order valence-corrected chi connectivity index (χ4v) is 4.01. The van der Waals surface area contributed by atoms with Gasteiger partial charge in [0.1, 0.15) is 0 Å². The van der Waals surface area contributed by atoms with Crippen molar-refractivity contribution in [1.82, 2.24) is 10.3 Å². The van der Waals surface area contributed by atoms with Crippen molar-refractivity contribution in [3.8, 4) is 0 Å². The lowest BCUT2D eigenvalue weighted by Gasteiger charge is -2.33. The largest absolute Gasteiger partial charge is 0.345 e. The Morgan fingerprint density at radius 1 is 1.33 bits per heavy atom. The predicted molar refractivity (Wildman–Crippen MR) is 79.5 cm³/mol. The third-order valence-electron chi connectivity index (χ3n) is 3.82. The molecular formula is C14H25N3S. The van der Waals surface area contributed by atoms with Gasteiger partial charge in [0.15, 0.2) is 5.13 Å². The first-order chi connectivity index (χ1) is 8.76. The van der Waals surface area contributed by atoms with E-state index in [1.54, 1.807) is 0 Å². The van der Waals surface area contributed by atoms with Crippen LogP contribution >= 0.6 is 11.3 Å². The van der Waals surface area contributed by atoms with Crippen molar-refractivity contribution in [3.05, 3.63) is 10.6 Å². The molecule has 1 fully saturated rings. The van der Waals surface area contributed by atoms with Gasteiger partial charge >= 0.3 is 0 Å². The number of aryl methyl sites for hydroxylation is 1. The Kier molecular flexibility index (Phi) is 5.01. The Labute approximate surface area is 115 Å². The van der Waals surface area contributed by atoms with Gasteiger partial charge in [-0.1, -0.05) is 19.3 Å². The number of nitrogens with one attached hydrogen (secondary N) is 1. The van der Waals surface area contributed by atoms with Gasteiger partial charge in [-0.05, 0) is 33.7 Å². The van der Waals surface area contributed by atoms with Crippen LogP contribution in [-0.4, -0.2) is 24.6 Å². The Morgan fingerprint density at radius 2 is 2.06 bits per heavy atom. The first-order valence-corrected chi connectivity index (χ1v) is 7.95.